The highest BCUT2D eigenvalue weighted by Crippen LogP contribution is 2.35. The van der Waals surface area contributed by atoms with E-state index in [1.807, 2.05) is 12.1 Å². The molecule has 31 heavy (non-hydrogen) atoms. The van der Waals surface area contributed by atoms with Gasteiger partial charge in [-0.1, -0.05) is 6.07 Å². The zero-order valence-corrected chi connectivity index (χ0v) is 17.9. The molecule has 0 radical (unpaired) electrons. The van der Waals surface area contributed by atoms with Gasteiger partial charge in [-0.15, -0.1) is 0 Å². The molecular weight excluding hydrogens is 420 g/mol. The van der Waals surface area contributed by atoms with Crippen molar-refractivity contribution in [2.45, 2.75) is 24.3 Å². The Balaban J connectivity index is 0.000000730. The predicted octanol–water partition coefficient (Wildman–Crippen LogP) is 1.71. The molecule has 2 aliphatic rings. The van der Waals surface area contributed by atoms with Crippen LogP contribution >= 0.6 is 0 Å². The Hall–Kier alpha value is -3.11. The molecule has 2 N–H and O–H groups in total. The molecule has 0 bridgehead atoms. The number of fused-ring (bicyclic) bond motifs is 2. The lowest BCUT2D eigenvalue weighted by Gasteiger charge is -2.32. The molecular formula is C21H24N4O5S. The molecule has 0 unspecified atom stereocenters. The number of rotatable bonds is 3. The Morgan fingerprint density at radius 3 is 2.87 bits per heavy atom. The Morgan fingerprint density at radius 2 is 2.10 bits per heavy atom. The summed E-state index contributed by atoms with van der Waals surface area (Å²) in [5, 5.41) is 10.3. The molecule has 0 spiro atoms. The van der Waals surface area contributed by atoms with E-state index in [9.17, 15) is 8.42 Å². The molecule has 1 fully saturated rings. The molecule has 10 heteroatoms. The van der Waals surface area contributed by atoms with Crippen LogP contribution in [0.25, 0.3) is 11.0 Å². The zero-order chi connectivity index (χ0) is 22.0. The van der Waals surface area contributed by atoms with Crippen molar-refractivity contribution in [3.8, 4) is 5.75 Å². The topological polar surface area (TPSA) is 114 Å². The van der Waals surface area contributed by atoms with Crippen LogP contribution in [0.5, 0.6) is 5.75 Å². The summed E-state index contributed by atoms with van der Waals surface area (Å²) >= 11 is 0. The van der Waals surface area contributed by atoms with E-state index in [1.165, 1.54) is 3.97 Å². The lowest BCUT2D eigenvalue weighted by molar-refractivity contribution is -0.122. The minimum absolute atomic E-state index is 0.250. The first-order valence-electron chi connectivity index (χ1n) is 10.00. The molecule has 4 heterocycles. The van der Waals surface area contributed by atoms with Crippen molar-refractivity contribution in [1.82, 2.24) is 14.3 Å². The van der Waals surface area contributed by atoms with E-state index in [4.69, 9.17) is 14.6 Å². The summed E-state index contributed by atoms with van der Waals surface area (Å²) in [5.74, 6) is 0.659. The molecule has 2 aliphatic heterocycles. The molecule has 0 aliphatic carbocycles. The van der Waals surface area contributed by atoms with Gasteiger partial charge < -0.3 is 20.1 Å². The van der Waals surface area contributed by atoms with Gasteiger partial charge in [-0.05, 0) is 31.2 Å². The normalized spacial score (nSPS) is 18.1. The molecule has 5 rings (SSSR count). The van der Waals surface area contributed by atoms with Gasteiger partial charge in [-0.3, -0.25) is 9.78 Å². The highest BCUT2D eigenvalue weighted by molar-refractivity contribution is 7.90. The highest BCUT2D eigenvalue weighted by Gasteiger charge is 2.29. The van der Waals surface area contributed by atoms with Gasteiger partial charge in [0.25, 0.3) is 16.5 Å². The maximum atomic E-state index is 13.6. The fraction of sp³-hybridized carbons (Fsp3) is 0.333. The SMILES string of the molecule is C[C@H]1CN(c2cn(S(=O)(=O)c3cccc4c3CCO4)c3cccnc23)CCN1.O=CO. The first kappa shape index (κ1) is 21.1. The largest absolute Gasteiger partial charge is 0.493 e. The van der Waals surface area contributed by atoms with Crippen LogP contribution in [-0.4, -0.2) is 61.2 Å². The smallest absolute Gasteiger partial charge is 0.290 e. The van der Waals surface area contributed by atoms with E-state index in [0.29, 0.717) is 40.7 Å². The van der Waals surface area contributed by atoms with Crippen molar-refractivity contribution in [1.29, 1.82) is 0 Å². The summed E-state index contributed by atoms with van der Waals surface area (Å²) < 4.78 is 34.2. The minimum Gasteiger partial charge on any atom is -0.493 e. The summed E-state index contributed by atoms with van der Waals surface area (Å²) in [7, 11) is -3.77. The number of hydrogen-bond donors (Lipinski definition) is 2. The molecule has 1 saturated heterocycles. The van der Waals surface area contributed by atoms with Gasteiger partial charge in [0.1, 0.15) is 11.3 Å². The Kier molecular flexibility index (Phi) is 5.84. The molecule has 164 valence electrons. The number of pyridine rings is 1. The third-order valence-electron chi connectivity index (χ3n) is 5.45. The minimum atomic E-state index is -3.77. The molecule has 0 saturated carbocycles. The van der Waals surface area contributed by atoms with Crippen molar-refractivity contribution in [2.75, 3.05) is 31.1 Å². The second kappa shape index (κ2) is 8.56. The first-order valence-corrected chi connectivity index (χ1v) is 11.4. The number of carboxylic acid groups (broad SMARTS) is 1. The summed E-state index contributed by atoms with van der Waals surface area (Å²) in [6.07, 6.45) is 4.03. The van der Waals surface area contributed by atoms with Gasteiger partial charge in [0.15, 0.2) is 0 Å². The van der Waals surface area contributed by atoms with Crippen molar-refractivity contribution in [2.24, 2.45) is 0 Å². The summed E-state index contributed by atoms with van der Waals surface area (Å²) in [4.78, 5) is 15.4. The van der Waals surface area contributed by atoms with E-state index in [2.05, 4.69) is 22.1 Å². The van der Waals surface area contributed by atoms with Crippen molar-refractivity contribution >= 4 is 33.2 Å². The number of anilines is 1. The van der Waals surface area contributed by atoms with Crippen LogP contribution in [0.15, 0.2) is 47.6 Å². The Bertz CT molecular complexity index is 1210. The van der Waals surface area contributed by atoms with Gasteiger partial charge in [0.05, 0.1) is 22.7 Å². The number of ether oxygens (including phenoxy) is 1. The number of piperazine rings is 1. The summed E-state index contributed by atoms with van der Waals surface area (Å²) in [6.45, 7) is 4.87. The van der Waals surface area contributed by atoms with Gasteiger partial charge >= 0.3 is 0 Å². The fourth-order valence-corrected chi connectivity index (χ4v) is 5.75. The quantitative estimate of drug-likeness (QED) is 0.587. The average molecular weight is 445 g/mol. The maximum Gasteiger partial charge on any atom is 0.290 e. The van der Waals surface area contributed by atoms with Crippen LogP contribution in [0.4, 0.5) is 5.69 Å². The number of aromatic nitrogens is 2. The second-order valence-electron chi connectivity index (χ2n) is 7.42. The number of nitrogens with one attached hydrogen (secondary N) is 1. The van der Waals surface area contributed by atoms with Crippen molar-refractivity contribution in [3.63, 3.8) is 0 Å². The van der Waals surface area contributed by atoms with E-state index in [0.717, 1.165) is 30.9 Å². The third kappa shape index (κ3) is 3.84. The van der Waals surface area contributed by atoms with Gasteiger partial charge in [0.2, 0.25) is 0 Å². The van der Waals surface area contributed by atoms with E-state index < -0.39 is 10.0 Å². The van der Waals surface area contributed by atoms with Crippen LogP contribution in [0.1, 0.15) is 12.5 Å². The lowest BCUT2D eigenvalue weighted by atomic mass is 10.2. The average Bonchev–Trinajstić information content (AvgIpc) is 3.39. The number of hydrogen-bond acceptors (Lipinski definition) is 7. The lowest BCUT2D eigenvalue weighted by Crippen LogP contribution is -2.49. The molecule has 2 aromatic heterocycles. The molecule has 1 aromatic carbocycles. The fourth-order valence-electron chi connectivity index (χ4n) is 4.13. The van der Waals surface area contributed by atoms with Crippen molar-refractivity contribution in [3.05, 3.63) is 48.3 Å². The van der Waals surface area contributed by atoms with Gasteiger partial charge in [-0.25, -0.2) is 12.4 Å². The second-order valence-corrected chi connectivity index (χ2v) is 9.21. The van der Waals surface area contributed by atoms with E-state index in [1.54, 1.807) is 30.6 Å². The van der Waals surface area contributed by atoms with Crippen LogP contribution in [0.2, 0.25) is 0 Å². The number of carbonyl (C=O) groups is 1. The van der Waals surface area contributed by atoms with Crippen LogP contribution in [0, 0.1) is 0 Å². The van der Waals surface area contributed by atoms with Crippen LogP contribution in [-0.2, 0) is 21.2 Å². The Labute approximate surface area is 180 Å². The number of nitrogens with zero attached hydrogens (tertiary/aromatic N) is 3. The monoisotopic (exact) mass is 444 g/mol. The number of benzene rings is 1. The van der Waals surface area contributed by atoms with Gasteiger partial charge in [0, 0.05) is 50.1 Å². The molecule has 0 amide bonds. The Morgan fingerprint density at radius 1 is 1.29 bits per heavy atom. The van der Waals surface area contributed by atoms with Gasteiger partial charge in [-0.2, -0.15) is 0 Å². The van der Waals surface area contributed by atoms with Crippen molar-refractivity contribution < 1.29 is 23.1 Å². The molecule has 3 aromatic rings. The maximum absolute atomic E-state index is 13.6. The van der Waals surface area contributed by atoms with Crippen LogP contribution < -0.4 is 15.0 Å². The first-order chi connectivity index (χ1) is 15.0. The predicted molar refractivity (Wildman–Crippen MR) is 116 cm³/mol. The van der Waals surface area contributed by atoms with E-state index in [-0.39, 0.29) is 6.47 Å². The third-order valence-corrected chi connectivity index (χ3v) is 7.21. The zero-order valence-electron chi connectivity index (χ0n) is 17.1. The van der Waals surface area contributed by atoms with Crippen LogP contribution in [0.3, 0.4) is 0 Å². The summed E-state index contributed by atoms with van der Waals surface area (Å²) in [6, 6.07) is 9.15. The molecule has 1 atom stereocenters. The van der Waals surface area contributed by atoms with E-state index >= 15 is 0 Å². The molecule has 9 nitrogen and oxygen atoms in total. The standard InChI is InChI=1S/C20H22N4O3S.CH2O2/c1-14-12-23(10-9-21-14)17-13-24(16-4-3-8-22-20(16)17)28(25,26)19-6-2-5-18-15(19)7-11-27-18;2-1-3/h2-6,8,13-14,21H,7,9-12H2,1H3;1H,(H,2,3)/t14-;/m0./s1. The summed E-state index contributed by atoms with van der Waals surface area (Å²) in [5.41, 5.74) is 2.92. The highest BCUT2D eigenvalue weighted by atomic mass is 32.2.